The fraction of sp³-hybridized carbons (Fsp3) is 0.409. The number of benzene rings is 1. The van der Waals surface area contributed by atoms with Crippen LogP contribution in [0, 0.1) is 5.92 Å². The summed E-state index contributed by atoms with van der Waals surface area (Å²) in [5, 5.41) is 2.98. The summed E-state index contributed by atoms with van der Waals surface area (Å²) in [5.41, 5.74) is 1.69. The van der Waals surface area contributed by atoms with Gasteiger partial charge in [0.2, 0.25) is 11.8 Å². The van der Waals surface area contributed by atoms with Crippen LogP contribution in [0.2, 0.25) is 0 Å². The number of rotatable bonds is 6. The summed E-state index contributed by atoms with van der Waals surface area (Å²) in [5.74, 6) is 0.0523. The van der Waals surface area contributed by atoms with E-state index in [-0.39, 0.29) is 23.6 Å². The van der Waals surface area contributed by atoms with Gasteiger partial charge in [-0.05, 0) is 49.6 Å². The van der Waals surface area contributed by atoms with Gasteiger partial charge in [-0.1, -0.05) is 12.1 Å². The van der Waals surface area contributed by atoms with E-state index in [1.165, 1.54) is 6.26 Å². The molecule has 29 heavy (non-hydrogen) atoms. The van der Waals surface area contributed by atoms with Crippen molar-refractivity contribution in [3.05, 3.63) is 54.0 Å². The second-order valence-electron chi connectivity index (χ2n) is 7.27. The minimum Gasteiger partial charge on any atom is -0.459 e. The Hall–Kier alpha value is -3.09. The zero-order valence-corrected chi connectivity index (χ0v) is 16.9. The predicted molar refractivity (Wildman–Crippen MR) is 109 cm³/mol. The van der Waals surface area contributed by atoms with Crippen molar-refractivity contribution in [2.75, 3.05) is 25.0 Å². The number of carbonyl (C=O) groups is 3. The summed E-state index contributed by atoms with van der Waals surface area (Å²) >= 11 is 0. The van der Waals surface area contributed by atoms with Crippen molar-refractivity contribution in [3.63, 3.8) is 0 Å². The monoisotopic (exact) mass is 397 g/mol. The number of piperidine rings is 1. The Morgan fingerprint density at radius 3 is 2.55 bits per heavy atom. The van der Waals surface area contributed by atoms with Crippen LogP contribution < -0.4 is 5.32 Å². The van der Waals surface area contributed by atoms with Gasteiger partial charge in [0.05, 0.1) is 6.26 Å². The average molecular weight is 397 g/mol. The van der Waals surface area contributed by atoms with Crippen LogP contribution in [0.5, 0.6) is 0 Å². The largest absolute Gasteiger partial charge is 0.459 e. The molecule has 3 amide bonds. The summed E-state index contributed by atoms with van der Waals surface area (Å²) in [6.07, 6.45) is 2.72. The molecule has 0 unspecified atom stereocenters. The minimum absolute atomic E-state index is 0.0257. The molecule has 1 aromatic carbocycles. The molecule has 0 bridgehead atoms. The molecule has 154 valence electrons. The van der Waals surface area contributed by atoms with Gasteiger partial charge in [0.1, 0.15) is 0 Å². The highest BCUT2D eigenvalue weighted by molar-refractivity contribution is 5.94. The molecule has 1 aromatic heterocycles. The molecule has 0 spiro atoms. The molecule has 2 heterocycles. The average Bonchev–Trinajstić information content (AvgIpc) is 3.26. The van der Waals surface area contributed by atoms with E-state index in [1.54, 1.807) is 28.9 Å². The Balaban J connectivity index is 1.54. The summed E-state index contributed by atoms with van der Waals surface area (Å²) < 4.78 is 5.17. The van der Waals surface area contributed by atoms with Crippen molar-refractivity contribution in [1.29, 1.82) is 0 Å². The van der Waals surface area contributed by atoms with Gasteiger partial charge in [0, 0.05) is 44.7 Å². The van der Waals surface area contributed by atoms with Crippen LogP contribution in [0.4, 0.5) is 5.69 Å². The van der Waals surface area contributed by atoms with Gasteiger partial charge in [0.25, 0.3) is 5.91 Å². The van der Waals surface area contributed by atoms with E-state index in [1.807, 2.05) is 31.2 Å². The minimum atomic E-state index is -0.135. The summed E-state index contributed by atoms with van der Waals surface area (Å²) in [6.45, 7) is 5.71. The fourth-order valence-electron chi connectivity index (χ4n) is 3.56. The van der Waals surface area contributed by atoms with Gasteiger partial charge in [-0.15, -0.1) is 0 Å². The smallest absolute Gasteiger partial charge is 0.289 e. The number of likely N-dealkylation sites (tertiary alicyclic amines) is 1. The van der Waals surface area contributed by atoms with Gasteiger partial charge in [-0.3, -0.25) is 14.4 Å². The molecule has 0 radical (unpaired) electrons. The first-order chi connectivity index (χ1) is 14.0. The molecule has 1 aliphatic heterocycles. The molecule has 1 aliphatic rings. The first-order valence-corrected chi connectivity index (χ1v) is 9.96. The van der Waals surface area contributed by atoms with E-state index in [2.05, 4.69) is 5.32 Å². The van der Waals surface area contributed by atoms with E-state index in [4.69, 9.17) is 4.42 Å². The molecule has 2 aromatic rings. The fourth-order valence-corrected chi connectivity index (χ4v) is 3.56. The Labute approximate surface area is 170 Å². The number of hydrogen-bond acceptors (Lipinski definition) is 4. The maximum Gasteiger partial charge on any atom is 0.289 e. The van der Waals surface area contributed by atoms with E-state index in [0.29, 0.717) is 44.8 Å². The molecule has 0 atom stereocenters. The van der Waals surface area contributed by atoms with Gasteiger partial charge < -0.3 is 19.5 Å². The summed E-state index contributed by atoms with van der Waals surface area (Å²) in [4.78, 5) is 40.1. The van der Waals surface area contributed by atoms with Crippen molar-refractivity contribution in [1.82, 2.24) is 9.80 Å². The number of carbonyl (C=O) groups excluding carboxylic acids is 3. The third-order valence-electron chi connectivity index (χ3n) is 5.28. The quantitative estimate of drug-likeness (QED) is 0.812. The summed E-state index contributed by atoms with van der Waals surface area (Å²) in [7, 11) is 0. The number of nitrogens with zero attached hydrogens (tertiary/aromatic N) is 2. The number of nitrogens with one attached hydrogen (secondary N) is 1. The number of amides is 3. The Kier molecular flexibility index (Phi) is 6.69. The van der Waals surface area contributed by atoms with Crippen molar-refractivity contribution in [3.8, 4) is 0 Å². The zero-order valence-electron chi connectivity index (χ0n) is 16.9. The summed E-state index contributed by atoms with van der Waals surface area (Å²) in [6, 6.07) is 10.9. The van der Waals surface area contributed by atoms with E-state index in [0.717, 1.165) is 11.3 Å². The van der Waals surface area contributed by atoms with Crippen LogP contribution in [0.3, 0.4) is 0 Å². The third kappa shape index (κ3) is 5.25. The van der Waals surface area contributed by atoms with Crippen molar-refractivity contribution in [2.45, 2.75) is 33.2 Å². The molecule has 0 aliphatic carbocycles. The van der Waals surface area contributed by atoms with E-state index in [9.17, 15) is 14.4 Å². The van der Waals surface area contributed by atoms with Crippen LogP contribution in [-0.2, 0) is 16.1 Å². The Morgan fingerprint density at radius 1 is 1.17 bits per heavy atom. The number of anilines is 1. The molecule has 7 nitrogen and oxygen atoms in total. The lowest BCUT2D eigenvalue weighted by atomic mass is 9.95. The van der Waals surface area contributed by atoms with Crippen LogP contribution in [0.1, 0.15) is 42.8 Å². The van der Waals surface area contributed by atoms with Crippen molar-refractivity contribution >= 4 is 23.4 Å². The molecule has 7 heteroatoms. The molecule has 0 saturated carbocycles. The maximum absolute atomic E-state index is 12.7. The molecule has 1 fully saturated rings. The van der Waals surface area contributed by atoms with E-state index >= 15 is 0 Å². The van der Waals surface area contributed by atoms with Gasteiger partial charge in [0.15, 0.2) is 5.76 Å². The second-order valence-corrected chi connectivity index (χ2v) is 7.27. The maximum atomic E-state index is 12.7. The van der Waals surface area contributed by atoms with Gasteiger partial charge >= 0.3 is 0 Å². The Bertz CT molecular complexity index is 855. The molecule has 1 saturated heterocycles. The Morgan fingerprint density at radius 2 is 1.93 bits per heavy atom. The number of furan rings is 1. The van der Waals surface area contributed by atoms with E-state index < -0.39 is 0 Å². The highest BCUT2D eigenvalue weighted by Crippen LogP contribution is 2.22. The van der Waals surface area contributed by atoms with Crippen LogP contribution in [0.15, 0.2) is 47.1 Å². The lowest BCUT2D eigenvalue weighted by Gasteiger charge is -2.30. The highest BCUT2D eigenvalue weighted by atomic mass is 16.3. The van der Waals surface area contributed by atoms with Crippen molar-refractivity contribution in [2.24, 2.45) is 5.92 Å². The molecular formula is C22H27N3O4. The molecular weight excluding hydrogens is 370 g/mol. The standard InChI is InChI=1S/C22H27N3O4/c1-3-24(16(2)26)15-17-6-4-7-19(14-17)23-21(27)18-9-11-25(12-10-18)22(28)20-8-5-13-29-20/h4-8,13-14,18H,3,9-12,15H2,1-2H3,(H,23,27). The molecule has 1 N–H and O–H groups in total. The lowest BCUT2D eigenvalue weighted by Crippen LogP contribution is -2.41. The van der Waals surface area contributed by atoms with Gasteiger partial charge in [-0.25, -0.2) is 0 Å². The first kappa shape index (κ1) is 20.6. The number of hydrogen-bond donors (Lipinski definition) is 1. The predicted octanol–water partition coefficient (Wildman–Crippen LogP) is 3.14. The van der Waals surface area contributed by atoms with Crippen LogP contribution in [-0.4, -0.2) is 47.2 Å². The zero-order chi connectivity index (χ0) is 20.8. The first-order valence-electron chi connectivity index (χ1n) is 9.96. The lowest BCUT2D eigenvalue weighted by molar-refractivity contribution is -0.129. The van der Waals surface area contributed by atoms with Crippen LogP contribution in [0.25, 0.3) is 0 Å². The van der Waals surface area contributed by atoms with Crippen LogP contribution >= 0.6 is 0 Å². The third-order valence-corrected chi connectivity index (χ3v) is 5.28. The molecule has 3 rings (SSSR count). The van der Waals surface area contributed by atoms with Gasteiger partial charge in [-0.2, -0.15) is 0 Å². The SMILES string of the molecule is CCN(Cc1cccc(NC(=O)C2CCN(C(=O)c3ccco3)CC2)c1)C(C)=O. The normalized spacial score (nSPS) is 14.5. The van der Waals surface area contributed by atoms with Crippen molar-refractivity contribution < 1.29 is 18.8 Å². The highest BCUT2D eigenvalue weighted by Gasteiger charge is 2.28. The second kappa shape index (κ2) is 9.41. The topological polar surface area (TPSA) is 82.9 Å².